The molecule has 2 aliphatic rings. The van der Waals surface area contributed by atoms with Gasteiger partial charge in [0, 0.05) is 8.80 Å². The lowest BCUT2D eigenvalue weighted by Gasteiger charge is -2.37. The van der Waals surface area contributed by atoms with Crippen LogP contribution in [0.4, 0.5) is 17.6 Å². The predicted octanol–water partition coefficient (Wildman–Crippen LogP) is 7.71. The molecule has 0 amide bonds. The summed E-state index contributed by atoms with van der Waals surface area (Å²) in [4.78, 5) is 0. The van der Waals surface area contributed by atoms with Gasteiger partial charge in [-0.25, -0.2) is 17.6 Å². The van der Waals surface area contributed by atoms with Gasteiger partial charge in [0.1, 0.15) is 6.61 Å². The van der Waals surface area contributed by atoms with Crippen molar-refractivity contribution in [3.05, 3.63) is 29.3 Å². The molecular weight excluding hydrogens is 408 g/mol. The second-order valence-corrected chi connectivity index (χ2v) is 12.9. The summed E-state index contributed by atoms with van der Waals surface area (Å²) in [5.41, 5.74) is 0.639. The van der Waals surface area contributed by atoms with Gasteiger partial charge >= 0.3 is 0 Å². The van der Waals surface area contributed by atoms with E-state index in [9.17, 15) is 17.6 Å². The minimum absolute atomic E-state index is 0.147. The number of hydrogen-bond donors (Lipinski definition) is 0. The normalized spacial score (nSPS) is 27.4. The molecule has 1 nitrogen and oxygen atoms in total. The van der Waals surface area contributed by atoms with Gasteiger partial charge in [0.05, 0.1) is 0 Å². The Labute approximate surface area is 180 Å². The number of ether oxygens (including phenoxy) is 1. The molecule has 170 valence electrons. The third kappa shape index (κ3) is 6.48. The summed E-state index contributed by atoms with van der Waals surface area (Å²) in [6.45, 7) is 1.27. The summed E-state index contributed by atoms with van der Waals surface area (Å²) in [5, 5.41) is 0. The molecule has 1 saturated heterocycles. The van der Waals surface area contributed by atoms with Crippen LogP contribution in [0.25, 0.3) is 0 Å². The lowest BCUT2D eigenvalue weighted by atomic mass is 9.72. The third-order valence-corrected chi connectivity index (χ3v) is 10.9. The molecule has 30 heavy (non-hydrogen) atoms. The standard InChI is InChI=1S/C24H36F4OSi/c1-2-3-4-11-30-12-9-19(10-13-30)17-5-7-18(8-6-17)20-14-21(25)24(22(26)15-20)29-16-23(27)28/h14-15,17-19,23,30H,2-13,16H2,1H3/t17-,18-,19?,30?. The molecule has 1 aliphatic heterocycles. The number of benzene rings is 1. The molecule has 3 rings (SSSR count). The Morgan fingerprint density at radius 2 is 1.53 bits per heavy atom. The molecule has 6 heteroatoms. The minimum atomic E-state index is -2.76. The molecule has 1 saturated carbocycles. The van der Waals surface area contributed by atoms with Crippen LogP contribution < -0.4 is 4.74 Å². The van der Waals surface area contributed by atoms with Crippen LogP contribution >= 0.6 is 0 Å². The summed E-state index contributed by atoms with van der Waals surface area (Å²) in [7, 11) is -0.483. The lowest BCUT2D eigenvalue weighted by Crippen LogP contribution is -2.28. The summed E-state index contributed by atoms with van der Waals surface area (Å²) in [6, 6.07) is 7.10. The summed E-state index contributed by atoms with van der Waals surface area (Å²) in [5.74, 6) is -0.685. The first-order valence-electron chi connectivity index (χ1n) is 11.9. The Bertz CT molecular complexity index is 630. The van der Waals surface area contributed by atoms with Gasteiger partial charge < -0.3 is 4.74 Å². The van der Waals surface area contributed by atoms with E-state index in [4.69, 9.17) is 0 Å². The maximum atomic E-state index is 14.2. The zero-order valence-electron chi connectivity index (χ0n) is 18.2. The van der Waals surface area contributed by atoms with E-state index in [0.29, 0.717) is 5.56 Å². The fourth-order valence-electron chi connectivity index (χ4n) is 5.65. The number of halogens is 4. The first-order valence-corrected chi connectivity index (χ1v) is 14.3. The van der Waals surface area contributed by atoms with Crippen LogP contribution in [0.2, 0.25) is 18.1 Å². The molecule has 0 unspecified atom stereocenters. The van der Waals surface area contributed by atoms with Crippen molar-refractivity contribution < 1.29 is 22.3 Å². The van der Waals surface area contributed by atoms with Crippen molar-refractivity contribution in [1.82, 2.24) is 0 Å². The molecule has 1 aromatic carbocycles. The maximum absolute atomic E-state index is 14.2. The number of alkyl halides is 2. The second kappa shape index (κ2) is 11.5. The lowest BCUT2D eigenvalue weighted by molar-refractivity contribution is 0.0777. The van der Waals surface area contributed by atoms with Crippen LogP contribution in [-0.4, -0.2) is 21.8 Å². The van der Waals surface area contributed by atoms with Crippen molar-refractivity contribution in [2.45, 2.75) is 95.2 Å². The Hall–Kier alpha value is -1.04. The summed E-state index contributed by atoms with van der Waals surface area (Å²) >= 11 is 0. The van der Waals surface area contributed by atoms with Crippen molar-refractivity contribution in [2.24, 2.45) is 11.8 Å². The number of rotatable bonds is 9. The fraction of sp³-hybridized carbons (Fsp3) is 0.750. The molecule has 1 aliphatic carbocycles. The van der Waals surface area contributed by atoms with Crippen molar-refractivity contribution in [3.63, 3.8) is 0 Å². The Morgan fingerprint density at radius 1 is 0.933 bits per heavy atom. The van der Waals surface area contributed by atoms with Gasteiger partial charge in [-0.3, -0.25) is 0 Å². The molecule has 0 bridgehead atoms. The molecule has 0 aromatic heterocycles. The van der Waals surface area contributed by atoms with Crippen LogP contribution in [-0.2, 0) is 0 Å². The van der Waals surface area contributed by atoms with E-state index in [1.54, 1.807) is 0 Å². The van der Waals surface area contributed by atoms with Crippen LogP contribution in [0.5, 0.6) is 5.75 Å². The zero-order chi connectivity index (χ0) is 21.5. The molecule has 0 atom stereocenters. The number of unbranched alkanes of at least 4 members (excludes halogenated alkanes) is 2. The molecule has 0 spiro atoms. The van der Waals surface area contributed by atoms with E-state index < -0.39 is 39.2 Å². The van der Waals surface area contributed by atoms with Gasteiger partial charge in [-0.05, 0) is 61.1 Å². The molecular formula is C24H36F4OSi. The van der Waals surface area contributed by atoms with Crippen LogP contribution in [0.3, 0.4) is 0 Å². The van der Waals surface area contributed by atoms with Gasteiger partial charge in [-0.15, -0.1) is 0 Å². The smallest absolute Gasteiger partial charge is 0.272 e. The van der Waals surface area contributed by atoms with E-state index in [-0.39, 0.29) is 5.92 Å². The van der Waals surface area contributed by atoms with Crippen LogP contribution in [0.15, 0.2) is 12.1 Å². The highest BCUT2D eigenvalue weighted by Gasteiger charge is 2.32. The van der Waals surface area contributed by atoms with Crippen molar-refractivity contribution >= 4 is 8.80 Å². The van der Waals surface area contributed by atoms with Gasteiger partial charge in [0.2, 0.25) is 0 Å². The second-order valence-electron chi connectivity index (χ2n) is 9.40. The molecule has 1 heterocycles. The predicted molar refractivity (Wildman–Crippen MR) is 116 cm³/mol. The highest BCUT2D eigenvalue weighted by Crippen LogP contribution is 2.44. The van der Waals surface area contributed by atoms with E-state index in [2.05, 4.69) is 11.7 Å². The van der Waals surface area contributed by atoms with Crippen molar-refractivity contribution in [3.8, 4) is 5.75 Å². The third-order valence-electron chi connectivity index (χ3n) is 7.39. The maximum Gasteiger partial charge on any atom is 0.272 e. The first-order chi connectivity index (χ1) is 14.5. The molecule has 0 radical (unpaired) electrons. The van der Waals surface area contributed by atoms with E-state index in [0.717, 1.165) is 37.5 Å². The van der Waals surface area contributed by atoms with E-state index >= 15 is 0 Å². The van der Waals surface area contributed by atoms with Crippen molar-refractivity contribution in [1.29, 1.82) is 0 Å². The highest BCUT2D eigenvalue weighted by atomic mass is 28.3. The van der Waals surface area contributed by atoms with Crippen LogP contribution in [0, 0.1) is 23.5 Å². The number of hydrogen-bond acceptors (Lipinski definition) is 1. The largest absolute Gasteiger partial charge is 0.482 e. The topological polar surface area (TPSA) is 9.23 Å². The SMILES string of the molecule is CCCCC[SiH]1CCC([C@H]2CC[C@H](c3cc(F)c(OCC(F)F)c(F)c3)CC2)CC1. The first kappa shape index (κ1) is 23.6. The molecule has 2 fully saturated rings. The minimum Gasteiger partial charge on any atom is -0.482 e. The van der Waals surface area contributed by atoms with Gasteiger partial charge in [0.15, 0.2) is 17.4 Å². The van der Waals surface area contributed by atoms with Gasteiger partial charge in [-0.1, -0.05) is 57.2 Å². The molecule has 0 N–H and O–H groups in total. The Kier molecular flexibility index (Phi) is 9.08. The average molecular weight is 445 g/mol. The highest BCUT2D eigenvalue weighted by molar-refractivity contribution is 6.58. The quantitative estimate of drug-likeness (QED) is 0.215. The summed E-state index contributed by atoms with van der Waals surface area (Å²) in [6.07, 6.45) is 8.34. The summed E-state index contributed by atoms with van der Waals surface area (Å²) < 4.78 is 57.6. The van der Waals surface area contributed by atoms with E-state index in [1.165, 1.54) is 62.4 Å². The zero-order valence-corrected chi connectivity index (χ0v) is 19.3. The molecule has 1 aromatic rings. The van der Waals surface area contributed by atoms with E-state index in [1.807, 2.05) is 0 Å². The Balaban J connectivity index is 1.48. The fourth-order valence-corrected chi connectivity index (χ4v) is 9.19. The van der Waals surface area contributed by atoms with Crippen LogP contribution in [0.1, 0.15) is 76.2 Å². The van der Waals surface area contributed by atoms with Crippen molar-refractivity contribution in [2.75, 3.05) is 6.61 Å². The average Bonchev–Trinajstić information content (AvgIpc) is 2.74. The van der Waals surface area contributed by atoms with Gasteiger partial charge in [0.25, 0.3) is 6.43 Å². The Morgan fingerprint density at radius 3 is 2.10 bits per heavy atom. The monoisotopic (exact) mass is 444 g/mol. The van der Waals surface area contributed by atoms with Gasteiger partial charge in [-0.2, -0.15) is 0 Å².